The third-order valence-electron chi connectivity index (χ3n) is 5.36. The molecule has 3 aliphatic rings. The highest BCUT2D eigenvalue weighted by molar-refractivity contribution is 5.78. The molecule has 0 amide bonds. The number of rotatable bonds is 6. The second kappa shape index (κ2) is 6.53. The molecule has 0 spiro atoms. The molecular weight excluding hydrogens is 264 g/mol. The molecule has 5 heteroatoms. The number of hydrogen-bond acceptors (Lipinski definition) is 3. The number of hydrazine groups is 1. The number of hydrogen-bond donors (Lipinski definition) is 3. The van der Waals surface area contributed by atoms with Gasteiger partial charge in [-0.25, -0.2) is 5.43 Å². The van der Waals surface area contributed by atoms with E-state index in [0.717, 1.165) is 24.9 Å². The second-order valence-corrected chi connectivity index (χ2v) is 7.25. The van der Waals surface area contributed by atoms with Crippen molar-refractivity contribution in [3.8, 4) is 0 Å². The molecule has 0 radical (unpaired) electrons. The summed E-state index contributed by atoms with van der Waals surface area (Å²) in [5.74, 6) is 1.98. The standard InChI is InChI=1S/C16H30N4O/c1-20-15(17)18-16(19-20,10-13-6-3-2-4-7-13)12-21-11-14-8-5-9-14/h13-14,19H,2-12H2,1H3,(H2,17,18). The minimum atomic E-state index is -0.266. The minimum Gasteiger partial charge on any atom is -0.377 e. The van der Waals surface area contributed by atoms with Crippen molar-refractivity contribution in [2.45, 2.75) is 63.5 Å². The Morgan fingerprint density at radius 3 is 2.43 bits per heavy atom. The lowest BCUT2D eigenvalue weighted by atomic mass is 9.83. The molecule has 1 heterocycles. The Balaban J connectivity index is 1.55. The fraction of sp³-hybridized carbons (Fsp3) is 0.938. The van der Waals surface area contributed by atoms with Crippen LogP contribution in [-0.4, -0.2) is 36.9 Å². The number of nitrogens with zero attached hydrogens (tertiary/aromatic N) is 1. The third kappa shape index (κ3) is 3.69. The maximum absolute atomic E-state index is 7.99. The summed E-state index contributed by atoms with van der Waals surface area (Å²) in [5.41, 5.74) is 3.18. The zero-order valence-corrected chi connectivity index (χ0v) is 13.3. The number of nitrogens with one attached hydrogen (secondary N) is 3. The van der Waals surface area contributed by atoms with Crippen molar-refractivity contribution in [1.29, 1.82) is 5.41 Å². The third-order valence-corrected chi connectivity index (χ3v) is 5.36. The minimum absolute atomic E-state index is 0.266. The largest absolute Gasteiger partial charge is 0.377 e. The molecule has 5 nitrogen and oxygen atoms in total. The van der Waals surface area contributed by atoms with Gasteiger partial charge in [0.25, 0.3) is 0 Å². The zero-order chi connectivity index (χ0) is 14.7. The second-order valence-electron chi connectivity index (χ2n) is 7.25. The van der Waals surface area contributed by atoms with Gasteiger partial charge in [-0.05, 0) is 31.1 Å². The summed E-state index contributed by atoms with van der Waals surface area (Å²) in [6.45, 7) is 1.54. The molecule has 120 valence electrons. The van der Waals surface area contributed by atoms with E-state index in [9.17, 15) is 0 Å². The van der Waals surface area contributed by atoms with Crippen LogP contribution in [0.25, 0.3) is 0 Å². The van der Waals surface area contributed by atoms with Crippen molar-refractivity contribution in [1.82, 2.24) is 15.8 Å². The molecule has 1 atom stereocenters. The molecule has 3 fully saturated rings. The van der Waals surface area contributed by atoms with Crippen molar-refractivity contribution in [3.63, 3.8) is 0 Å². The van der Waals surface area contributed by atoms with Gasteiger partial charge in [0, 0.05) is 13.7 Å². The van der Waals surface area contributed by atoms with E-state index in [1.807, 2.05) is 7.05 Å². The quantitative estimate of drug-likeness (QED) is 0.704. The Morgan fingerprint density at radius 1 is 1.14 bits per heavy atom. The molecule has 3 N–H and O–H groups in total. The predicted molar refractivity (Wildman–Crippen MR) is 83.8 cm³/mol. The topological polar surface area (TPSA) is 60.4 Å². The molecule has 0 aromatic carbocycles. The van der Waals surface area contributed by atoms with Crippen molar-refractivity contribution in [3.05, 3.63) is 0 Å². The molecule has 1 aliphatic heterocycles. The van der Waals surface area contributed by atoms with E-state index in [0.29, 0.717) is 12.6 Å². The monoisotopic (exact) mass is 294 g/mol. The molecule has 2 saturated carbocycles. The van der Waals surface area contributed by atoms with E-state index < -0.39 is 0 Å². The van der Waals surface area contributed by atoms with Gasteiger partial charge in [0.05, 0.1) is 6.61 Å². The lowest BCUT2D eigenvalue weighted by molar-refractivity contribution is 0.00732. The Bertz CT molecular complexity index is 365. The van der Waals surface area contributed by atoms with Gasteiger partial charge in [0.1, 0.15) is 5.66 Å². The highest BCUT2D eigenvalue weighted by Gasteiger charge is 2.41. The normalized spacial score (nSPS) is 31.3. The summed E-state index contributed by atoms with van der Waals surface area (Å²) < 4.78 is 6.01. The van der Waals surface area contributed by atoms with Crippen LogP contribution in [0.1, 0.15) is 57.8 Å². The Labute approximate surface area is 128 Å². The molecule has 1 saturated heterocycles. The van der Waals surface area contributed by atoms with Crippen molar-refractivity contribution >= 4 is 5.96 Å². The van der Waals surface area contributed by atoms with E-state index >= 15 is 0 Å². The first-order valence-electron chi connectivity index (χ1n) is 8.63. The van der Waals surface area contributed by atoms with Gasteiger partial charge in [-0.15, -0.1) is 0 Å². The van der Waals surface area contributed by atoms with Crippen LogP contribution in [-0.2, 0) is 4.74 Å². The van der Waals surface area contributed by atoms with Gasteiger partial charge < -0.3 is 10.1 Å². The van der Waals surface area contributed by atoms with Gasteiger partial charge in [-0.2, -0.15) is 0 Å². The maximum atomic E-state index is 7.99. The van der Waals surface area contributed by atoms with Crippen LogP contribution in [0.3, 0.4) is 0 Å². The Morgan fingerprint density at radius 2 is 1.86 bits per heavy atom. The average Bonchev–Trinajstić information content (AvgIpc) is 2.69. The predicted octanol–water partition coefficient (Wildman–Crippen LogP) is 2.44. The van der Waals surface area contributed by atoms with E-state index in [1.54, 1.807) is 5.01 Å². The highest BCUT2D eigenvalue weighted by Crippen LogP contribution is 2.32. The van der Waals surface area contributed by atoms with Crippen LogP contribution >= 0.6 is 0 Å². The van der Waals surface area contributed by atoms with E-state index in [2.05, 4.69) is 10.7 Å². The van der Waals surface area contributed by atoms with Crippen molar-refractivity contribution in [2.24, 2.45) is 11.8 Å². The van der Waals surface area contributed by atoms with E-state index in [1.165, 1.54) is 51.4 Å². The smallest absolute Gasteiger partial charge is 0.207 e. The summed E-state index contributed by atoms with van der Waals surface area (Å²) in [7, 11) is 1.91. The van der Waals surface area contributed by atoms with Crippen LogP contribution < -0.4 is 10.7 Å². The van der Waals surface area contributed by atoms with Crippen LogP contribution in [0.4, 0.5) is 0 Å². The molecule has 21 heavy (non-hydrogen) atoms. The fourth-order valence-electron chi connectivity index (χ4n) is 3.88. The molecule has 2 aliphatic carbocycles. The van der Waals surface area contributed by atoms with Crippen molar-refractivity contribution < 1.29 is 4.74 Å². The molecule has 1 unspecified atom stereocenters. The fourth-order valence-corrected chi connectivity index (χ4v) is 3.88. The average molecular weight is 294 g/mol. The van der Waals surface area contributed by atoms with Crippen LogP contribution in [0.15, 0.2) is 0 Å². The van der Waals surface area contributed by atoms with E-state index in [-0.39, 0.29) is 5.66 Å². The first-order valence-corrected chi connectivity index (χ1v) is 8.63. The summed E-state index contributed by atoms with van der Waals surface area (Å²) in [6.07, 6.45) is 11.8. The van der Waals surface area contributed by atoms with Crippen LogP contribution in [0.5, 0.6) is 0 Å². The van der Waals surface area contributed by atoms with Crippen LogP contribution in [0.2, 0.25) is 0 Å². The number of guanidine groups is 1. The highest BCUT2D eigenvalue weighted by atomic mass is 16.5. The molecule has 3 rings (SSSR count). The van der Waals surface area contributed by atoms with Gasteiger partial charge in [0.2, 0.25) is 5.96 Å². The van der Waals surface area contributed by atoms with Gasteiger partial charge >= 0.3 is 0 Å². The Hall–Kier alpha value is -0.810. The first kappa shape index (κ1) is 15.1. The lowest BCUT2D eigenvalue weighted by Crippen LogP contribution is -2.56. The van der Waals surface area contributed by atoms with Gasteiger partial charge in [-0.3, -0.25) is 10.4 Å². The van der Waals surface area contributed by atoms with Gasteiger partial charge in [0.15, 0.2) is 0 Å². The molecule has 0 bridgehead atoms. The summed E-state index contributed by atoms with van der Waals surface area (Å²) in [6, 6.07) is 0. The molecule has 0 aromatic rings. The summed E-state index contributed by atoms with van der Waals surface area (Å²) >= 11 is 0. The van der Waals surface area contributed by atoms with E-state index in [4.69, 9.17) is 10.1 Å². The molecular formula is C16H30N4O. The first-order chi connectivity index (χ1) is 10.2. The summed E-state index contributed by atoms with van der Waals surface area (Å²) in [5, 5.41) is 13.1. The van der Waals surface area contributed by atoms with Gasteiger partial charge in [-0.1, -0.05) is 38.5 Å². The van der Waals surface area contributed by atoms with Crippen LogP contribution in [0, 0.1) is 17.2 Å². The SMILES string of the molecule is CN1NC(COCC2CCC2)(CC2CCCCC2)NC1=N. The number of ether oxygens (including phenoxy) is 1. The molecule has 0 aromatic heterocycles. The zero-order valence-electron chi connectivity index (χ0n) is 13.3. The maximum Gasteiger partial charge on any atom is 0.207 e. The Kier molecular flexibility index (Phi) is 4.69. The lowest BCUT2D eigenvalue weighted by Gasteiger charge is -2.35. The van der Waals surface area contributed by atoms with Crippen molar-refractivity contribution in [2.75, 3.05) is 20.3 Å². The summed E-state index contributed by atoms with van der Waals surface area (Å²) in [4.78, 5) is 0.